The highest BCUT2D eigenvalue weighted by atomic mass is 16.4. The van der Waals surface area contributed by atoms with E-state index >= 15 is 0 Å². The molecule has 0 radical (unpaired) electrons. The summed E-state index contributed by atoms with van der Waals surface area (Å²) in [6.45, 7) is 3.32. The van der Waals surface area contributed by atoms with E-state index in [0.29, 0.717) is 43.0 Å². The van der Waals surface area contributed by atoms with Crippen LogP contribution < -0.4 is 0 Å². The largest absolute Gasteiger partial charge is 0.465 e. The number of carbonyl (C=O) groups excluding carboxylic acids is 1. The highest BCUT2D eigenvalue weighted by Gasteiger charge is 2.44. The monoisotopic (exact) mass is 335 g/mol. The van der Waals surface area contributed by atoms with Gasteiger partial charge in [0.1, 0.15) is 0 Å². The van der Waals surface area contributed by atoms with E-state index in [1.54, 1.807) is 0 Å². The van der Waals surface area contributed by atoms with Crippen molar-refractivity contribution in [3.63, 3.8) is 0 Å². The van der Waals surface area contributed by atoms with E-state index < -0.39 is 6.09 Å². The molecule has 6 nitrogen and oxygen atoms in total. The summed E-state index contributed by atoms with van der Waals surface area (Å²) in [6, 6.07) is 1.30. The lowest BCUT2D eigenvalue weighted by Gasteiger charge is -2.42. The van der Waals surface area contributed by atoms with Crippen molar-refractivity contribution < 1.29 is 14.7 Å². The van der Waals surface area contributed by atoms with Crippen LogP contribution in [-0.2, 0) is 4.79 Å². The summed E-state index contributed by atoms with van der Waals surface area (Å²) in [4.78, 5) is 29.9. The third-order valence-corrected chi connectivity index (χ3v) is 6.79. The van der Waals surface area contributed by atoms with Gasteiger partial charge >= 0.3 is 6.09 Å². The Morgan fingerprint density at radius 3 is 2.38 bits per heavy atom. The lowest BCUT2D eigenvalue weighted by molar-refractivity contribution is -0.132. The second kappa shape index (κ2) is 6.54. The Morgan fingerprint density at radius 1 is 0.958 bits per heavy atom. The molecule has 2 amide bonds. The molecular weight excluding hydrogens is 306 g/mol. The van der Waals surface area contributed by atoms with Crippen LogP contribution in [-0.4, -0.2) is 76.1 Å². The third kappa shape index (κ3) is 2.89. The van der Waals surface area contributed by atoms with Crippen LogP contribution in [0.3, 0.4) is 0 Å². The fraction of sp³-hybridized carbons (Fsp3) is 0.889. The number of fused-ring (bicyclic) bond motifs is 1. The molecule has 24 heavy (non-hydrogen) atoms. The molecule has 4 fully saturated rings. The molecule has 1 aliphatic carbocycles. The van der Waals surface area contributed by atoms with Gasteiger partial charge < -0.3 is 14.9 Å². The van der Waals surface area contributed by atoms with Crippen molar-refractivity contribution in [2.24, 2.45) is 5.92 Å². The van der Waals surface area contributed by atoms with E-state index in [2.05, 4.69) is 9.80 Å². The van der Waals surface area contributed by atoms with Crippen LogP contribution in [0, 0.1) is 5.92 Å². The van der Waals surface area contributed by atoms with Crippen LogP contribution >= 0.6 is 0 Å². The Labute approximate surface area is 143 Å². The van der Waals surface area contributed by atoms with E-state index in [9.17, 15) is 9.59 Å². The van der Waals surface area contributed by atoms with Crippen LogP contribution in [0.1, 0.15) is 51.4 Å². The second-order valence-electron chi connectivity index (χ2n) is 8.06. The number of piperidine rings is 1. The van der Waals surface area contributed by atoms with Crippen molar-refractivity contribution in [2.45, 2.75) is 69.5 Å². The first-order valence-corrected chi connectivity index (χ1v) is 9.66. The lowest BCUT2D eigenvalue weighted by Crippen LogP contribution is -2.51. The predicted molar refractivity (Wildman–Crippen MR) is 89.8 cm³/mol. The topological polar surface area (TPSA) is 64.1 Å². The summed E-state index contributed by atoms with van der Waals surface area (Å²) >= 11 is 0. The van der Waals surface area contributed by atoms with Gasteiger partial charge in [-0.1, -0.05) is 12.8 Å². The predicted octanol–water partition coefficient (Wildman–Crippen LogP) is 1.99. The fourth-order valence-electron chi connectivity index (χ4n) is 5.52. The SMILES string of the molecule is O=C(O)N1CC[C@H](N2CCC(N3C(=O)C[C@H]4CCCC[C@@H]43)CC2)C1. The Balaban J connectivity index is 1.33. The Bertz CT molecular complexity index is 504. The van der Waals surface area contributed by atoms with Gasteiger partial charge in [-0.25, -0.2) is 4.79 Å². The molecule has 134 valence electrons. The molecule has 3 saturated heterocycles. The summed E-state index contributed by atoms with van der Waals surface area (Å²) in [5, 5.41) is 9.12. The molecule has 0 aromatic rings. The molecular formula is C18H29N3O3. The average Bonchev–Trinajstić information content (AvgIpc) is 3.19. The van der Waals surface area contributed by atoms with Gasteiger partial charge in [-0.15, -0.1) is 0 Å². The first-order chi connectivity index (χ1) is 11.6. The van der Waals surface area contributed by atoms with Gasteiger partial charge in [0.25, 0.3) is 0 Å². The van der Waals surface area contributed by atoms with Gasteiger partial charge in [0.15, 0.2) is 0 Å². The Hall–Kier alpha value is -1.30. The molecule has 1 N–H and O–H groups in total. The number of hydrogen-bond acceptors (Lipinski definition) is 3. The minimum absolute atomic E-state index is 0.374. The molecule has 1 saturated carbocycles. The summed E-state index contributed by atoms with van der Waals surface area (Å²) in [6.07, 6.45) is 8.05. The van der Waals surface area contributed by atoms with E-state index in [4.69, 9.17) is 5.11 Å². The van der Waals surface area contributed by atoms with Crippen molar-refractivity contribution in [3.05, 3.63) is 0 Å². The van der Waals surface area contributed by atoms with Gasteiger partial charge in [-0.05, 0) is 38.0 Å². The van der Waals surface area contributed by atoms with Gasteiger partial charge in [0.05, 0.1) is 0 Å². The van der Waals surface area contributed by atoms with Crippen LogP contribution in [0.5, 0.6) is 0 Å². The Morgan fingerprint density at radius 2 is 1.67 bits per heavy atom. The summed E-state index contributed by atoms with van der Waals surface area (Å²) in [5.74, 6) is 1.01. The van der Waals surface area contributed by atoms with Crippen LogP contribution in [0.15, 0.2) is 0 Å². The minimum Gasteiger partial charge on any atom is -0.465 e. The van der Waals surface area contributed by atoms with Crippen molar-refractivity contribution in [1.82, 2.24) is 14.7 Å². The van der Waals surface area contributed by atoms with Gasteiger partial charge in [0, 0.05) is 50.7 Å². The zero-order chi connectivity index (χ0) is 16.7. The van der Waals surface area contributed by atoms with Crippen molar-refractivity contribution in [2.75, 3.05) is 26.2 Å². The molecule has 3 aliphatic heterocycles. The summed E-state index contributed by atoms with van der Waals surface area (Å²) < 4.78 is 0. The number of nitrogens with zero attached hydrogens (tertiary/aromatic N) is 3. The maximum atomic E-state index is 12.5. The van der Waals surface area contributed by atoms with E-state index in [0.717, 1.165) is 38.8 Å². The minimum atomic E-state index is -0.793. The second-order valence-corrected chi connectivity index (χ2v) is 8.06. The molecule has 0 aromatic carbocycles. The van der Waals surface area contributed by atoms with E-state index in [1.807, 2.05) is 0 Å². The normalized spacial score (nSPS) is 35.5. The number of amides is 2. The third-order valence-electron chi connectivity index (χ3n) is 6.79. The van der Waals surface area contributed by atoms with E-state index in [-0.39, 0.29) is 0 Å². The number of rotatable bonds is 2. The smallest absolute Gasteiger partial charge is 0.407 e. The molecule has 3 heterocycles. The average molecular weight is 335 g/mol. The molecule has 0 aromatic heterocycles. The first kappa shape index (κ1) is 16.2. The molecule has 3 atom stereocenters. The van der Waals surface area contributed by atoms with Crippen molar-refractivity contribution in [3.8, 4) is 0 Å². The van der Waals surface area contributed by atoms with Gasteiger partial charge in [-0.2, -0.15) is 0 Å². The molecule has 0 unspecified atom stereocenters. The van der Waals surface area contributed by atoms with Gasteiger partial charge in [-0.3, -0.25) is 9.69 Å². The quantitative estimate of drug-likeness (QED) is 0.838. The molecule has 4 rings (SSSR count). The number of likely N-dealkylation sites (tertiary alicyclic amines) is 3. The zero-order valence-electron chi connectivity index (χ0n) is 14.4. The Kier molecular flexibility index (Phi) is 4.41. The van der Waals surface area contributed by atoms with Crippen LogP contribution in [0.4, 0.5) is 4.79 Å². The highest BCUT2D eigenvalue weighted by molar-refractivity contribution is 5.79. The van der Waals surface area contributed by atoms with Crippen molar-refractivity contribution >= 4 is 12.0 Å². The molecule has 0 spiro atoms. The zero-order valence-corrected chi connectivity index (χ0v) is 14.4. The highest BCUT2D eigenvalue weighted by Crippen LogP contribution is 2.39. The maximum Gasteiger partial charge on any atom is 0.407 e. The fourth-order valence-corrected chi connectivity index (χ4v) is 5.52. The molecule has 6 heteroatoms. The summed E-state index contributed by atoms with van der Waals surface area (Å²) in [5.41, 5.74) is 0. The number of carboxylic acid groups (broad SMARTS) is 1. The molecule has 0 bridgehead atoms. The number of hydrogen-bond donors (Lipinski definition) is 1. The maximum absolute atomic E-state index is 12.5. The lowest BCUT2D eigenvalue weighted by atomic mass is 9.84. The van der Waals surface area contributed by atoms with Crippen LogP contribution in [0.2, 0.25) is 0 Å². The standard InChI is InChI=1S/C18H29N3O3/c22-17-11-13-3-1-2-4-16(13)21(17)14-5-8-19(9-6-14)15-7-10-20(12-15)18(23)24/h13-16H,1-12H2,(H,23,24)/t13-,15+,16+/m1/s1. The molecule has 4 aliphatic rings. The van der Waals surface area contributed by atoms with Gasteiger partial charge in [0.2, 0.25) is 5.91 Å². The first-order valence-electron chi connectivity index (χ1n) is 9.66. The van der Waals surface area contributed by atoms with Crippen molar-refractivity contribution in [1.29, 1.82) is 0 Å². The van der Waals surface area contributed by atoms with E-state index in [1.165, 1.54) is 30.6 Å². The summed E-state index contributed by atoms with van der Waals surface area (Å²) in [7, 11) is 0. The number of carbonyl (C=O) groups is 2. The van der Waals surface area contributed by atoms with Crippen LogP contribution in [0.25, 0.3) is 0 Å².